The monoisotopic (exact) mass is 255 g/mol. The SMILES string of the molecule is Nc1cnc(Cl)nc1NCCc1cscn1. The summed E-state index contributed by atoms with van der Waals surface area (Å²) in [6.45, 7) is 0.710. The molecule has 0 spiro atoms. The number of nitrogens with one attached hydrogen (secondary N) is 1. The van der Waals surface area contributed by atoms with E-state index in [1.807, 2.05) is 10.9 Å². The number of thiazole rings is 1. The molecule has 0 bridgehead atoms. The topological polar surface area (TPSA) is 76.7 Å². The van der Waals surface area contributed by atoms with E-state index >= 15 is 0 Å². The molecule has 0 aliphatic carbocycles. The zero-order chi connectivity index (χ0) is 11.4. The summed E-state index contributed by atoms with van der Waals surface area (Å²) in [4.78, 5) is 11.9. The predicted molar refractivity (Wildman–Crippen MR) is 65.8 cm³/mol. The van der Waals surface area contributed by atoms with E-state index in [0.29, 0.717) is 18.1 Å². The highest BCUT2D eigenvalue weighted by molar-refractivity contribution is 7.07. The van der Waals surface area contributed by atoms with Gasteiger partial charge in [-0.05, 0) is 11.6 Å². The molecule has 16 heavy (non-hydrogen) atoms. The van der Waals surface area contributed by atoms with Gasteiger partial charge in [0.05, 0.1) is 23.1 Å². The minimum atomic E-state index is 0.186. The molecule has 0 amide bonds. The van der Waals surface area contributed by atoms with Crippen molar-refractivity contribution in [3.8, 4) is 0 Å². The molecule has 84 valence electrons. The molecule has 2 aromatic rings. The molecule has 0 saturated carbocycles. The Morgan fingerprint density at radius 1 is 1.44 bits per heavy atom. The number of rotatable bonds is 4. The normalized spacial score (nSPS) is 10.3. The Balaban J connectivity index is 1.92. The minimum absolute atomic E-state index is 0.186. The van der Waals surface area contributed by atoms with Crippen LogP contribution in [0.3, 0.4) is 0 Å². The third-order valence-electron chi connectivity index (χ3n) is 1.94. The summed E-state index contributed by atoms with van der Waals surface area (Å²) in [5.41, 5.74) is 9.04. The summed E-state index contributed by atoms with van der Waals surface area (Å²) < 4.78 is 0. The maximum Gasteiger partial charge on any atom is 0.224 e. The Morgan fingerprint density at radius 3 is 3.06 bits per heavy atom. The highest BCUT2D eigenvalue weighted by Crippen LogP contribution is 2.15. The third-order valence-corrected chi connectivity index (χ3v) is 2.76. The van der Waals surface area contributed by atoms with Crippen molar-refractivity contribution in [3.63, 3.8) is 0 Å². The van der Waals surface area contributed by atoms with Crippen LogP contribution in [0.1, 0.15) is 5.69 Å². The van der Waals surface area contributed by atoms with Crippen LogP contribution in [0.15, 0.2) is 17.1 Å². The van der Waals surface area contributed by atoms with E-state index in [0.717, 1.165) is 12.1 Å². The largest absolute Gasteiger partial charge is 0.394 e. The van der Waals surface area contributed by atoms with E-state index in [1.165, 1.54) is 6.20 Å². The first-order valence-electron chi connectivity index (χ1n) is 4.64. The second-order valence-corrected chi connectivity index (χ2v) is 4.16. The molecular weight excluding hydrogens is 246 g/mol. The van der Waals surface area contributed by atoms with Crippen LogP contribution in [0.5, 0.6) is 0 Å². The number of hydrogen-bond donors (Lipinski definition) is 2. The van der Waals surface area contributed by atoms with Crippen LogP contribution in [0, 0.1) is 0 Å². The summed E-state index contributed by atoms with van der Waals surface area (Å²) in [5.74, 6) is 0.565. The molecule has 2 rings (SSSR count). The van der Waals surface area contributed by atoms with Crippen molar-refractivity contribution in [1.29, 1.82) is 0 Å². The molecule has 5 nitrogen and oxygen atoms in total. The molecule has 0 saturated heterocycles. The highest BCUT2D eigenvalue weighted by Gasteiger charge is 2.02. The van der Waals surface area contributed by atoms with E-state index in [1.54, 1.807) is 11.3 Å². The second-order valence-electron chi connectivity index (χ2n) is 3.10. The van der Waals surface area contributed by atoms with Gasteiger partial charge in [-0.3, -0.25) is 0 Å². The van der Waals surface area contributed by atoms with Crippen LogP contribution < -0.4 is 11.1 Å². The number of nitrogens with two attached hydrogens (primary N) is 1. The molecule has 0 aliphatic rings. The summed E-state index contributed by atoms with van der Waals surface area (Å²) >= 11 is 7.25. The predicted octanol–water partition coefficient (Wildman–Crippen LogP) is 1.82. The molecule has 7 heteroatoms. The fraction of sp³-hybridized carbons (Fsp3) is 0.222. The fourth-order valence-electron chi connectivity index (χ4n) is 1.18. The van der Waals surface area contributed by atoms with Gasteiger partial charge in [-0.2, -0.15) is 4.98 Å². The number of anilines is 2. The second kappa shape index (κ2) is 5.09. The van der Waals surface area contributed by atoms with E-state index in [4.69, 9.17) is 17.3 Å². The quantitative estimate of drug-likeness (QED) is 0.815. The molecule has 2 heterocycles. The number of hydrogen-bond acceptors (Lipinski definition) is 6. The van der Waals surface area contributed by atoms with Crippen LogP contribution in [0.2, 0.25) is 5.28 Å². The lowest BCUT2D eigenvalue weighted by molar-refractivity contribution is 0.965. The van der Waals surface area contributed by atoms with Crippen LogP contribution in [0.25, 0.3) is 0 Å². The van der Waals surface area contributed by atoms with Crippen molar-refractivity contribution in [3.05, 3.63) is 28.1 Å². The van der Waals surface area contributed by atoms with Crippen LogP contribution >= 0.6 is 22.9 Å². The molecule has 0 atom stereocenters. The number of aromatic nitrogens is 3. The zero-order valence-electron chi connectivity index (χ0n) is 8.35. The summed E-state index contributed by atoms with van der Waals surface area (Å²) in [6.07, 6.45) is 2.31. The molecule has 0 aliphatic heterocycles. The Kier molecular flexibility index (Phi) is 3.53. The van der Waals surface area contributed by atoms with Gasteiger partial charge in [0.15, 0.2) is 5.82 Å². The summed E-state index contributed by atoms with van der Waals surface area (Å²) in [7, 11) is 0. The highest BCUT2D eigenvalue weighted by atomic mass is 35.5. The first-order chi connectivity index (χ1) is 7.75. The van der Waals surface area contributed by atoms with Gasteiger partial charge < -0.3 is 11.1 Å². The lowest BCUT2D eigenvalue weighted by Gasteiger charge is -2.06. The standard InChI is InChI=1S/C9H10ClN5S/c10-9-13-3-7(11)8(15-9)12-2-1-6-4-16-5-14-6/h3-5H,1-2,11H2,(H,12,13,15). The van der Waals surface area contributed by atoms with Gasteiger partial charge in [-0.25, -0.2) is 9.97 Å². The van der Waals surface area contributed by atoms with Crippen molar-refractivity contribution in [2.75, 3.05) is 17.6 Å². The smallest absolute Gasteiger partial charge is 0.224 e. The van der Waals surface area contributed by atoms with Gasteiger partial charge >= 0.3 is 0 Å². The molecule has 2 aromatic heterocycles. The number of halogens is 1. The van der Waals surface area contributed by atoms with Crippen molar-refractivity contribution in [2.45, 2.75) is 6.42 Å². The van der Waals surface area contributed by atoms with Gasteiger partial charge in [0.1, 0.15) is 0 Å². The molecular formula is C9H10ClN5S. The molecule has 3 N–H and O–H groups in total. The Morgan fingerprint density at radius 2 is 2.31 bits per heavy atom. The lowest BCUT2D eigenvalue weighted by Crippen LogP contribution is -2.09. The molecule has 0 fully saturated rings. The third kappa shape index (κ3) is 2.80. The maximum atomic E-state index is 5.69. The van der Waals surface area contributed by atoms with Crippen LogP contribution in [-0.4, -0.2) is 21.5 Å². The summed E-state index contributed by atoms with van der Waals surface area (Å²) in [6, 6.07) is 0. The maximum absolute atomic E-state index is 5.69. The lowest BCUT2D eigenvalue weighted by atomic mass is 10.3. The average Bonchev–Trinajstić information content (AvgIpc) is 2.76. The Hall–Kier alpha value is -1.40. The van der Waals surface area contributed by atoms with Gasteiger partial charge in [0.2, 0.25) is 5.28 Å². The zero-order valence-corrected chi connectivity index (χ0v) is 9.92. The first kappa shape index (κ1) is 11.1. The average molecular weight is 256 g/mol. The summed E-state index contributed by atoms with van der Waals surface area (Å²) in [5, 5.41) is 5.29. The van der Waals surface area contributed by atoms with Gasteiger partial charge in [0.25, 0.3) is 0 Å². The van der Waals surface area contributed by atoms with E-state index in [-0.39, 0.29) is 5.28 Å². The molecule has 0 radical (unpaired) electrons. The van der Waals surface area contributed by atoms with Gasteiger partial charge in [-0.15, -0.1) is 11.3 Å². The van der Waals surface area contributed by atoms with E-state index in [9.17, 15) is 0 Å². The van der Waals surface area contributed by atoms with E-state index in [2.05, 4.69) is 20.3 Å². The number of nitrogen functional groups attached to an aromatic ring is 1. The Labute approximate surface area is 102 Å². The van der Waals surface area contributed by atoms with Crippen LogP contribution in [-0.2, 0) is 6.42 Å². The first-order valence-corrected chi connectivity index (χ1v) is 5.97. The van der Waals surface area contributed by atoms with E-state index < -0.39 is 0 Å². The fourth-order valence-corrected chi connectivity index (χ4v) is 1.91. The van der Waals surface area contributed by atoms with Gasteiger partial charge in [0, 0.05) is 18.3 Å². The molecule has 0 aromatic carbocycles. The Bertz CT molecular complexity index is 459. The number of nitrogens with zero attached hydrogens (tertiary/aromatic N) is 3. The molecule has 0 unspecified atom stereocenters. The van der Waals surface area contributed by atoms with Crippen LogP contribution in [0.4, 0.5) is 11.5 Å². The minimum Gasteiger partial charge on any atom is -0.394 e. The van der Waals surface area contributed by atoms with Crippen molar-refractivity contribution in [1.82, 2.24) is 15.0 Å². The van der Waals surface area contributed by atoms with Crippen molar-refractivity contribution < 1.29 is 0 Å². The van der Waals surface area contributed by atoms with Gasteiger partial charge in [-0.1, -0.05) is 0 Å². The van der Waals surface area contributed by atoms with Crippen molar-refractivity contribution >= 4 is 34.4 Å². The van der Waals surface area contributed by atoms with Crippen molar-refractivity contribution in [2.24, 2.45) is 0 Å².